The maximum atomic E-state index is 13.8. The summed E-state index contributed by atoms with van der Waals surface area (Å²) in [7, 11) is 0. The average molecular weight is 547 g/mol. The molecular weight excluding hydrogens is 532 g/mol. The molecule has 2 aliphatic heterocycles. The zero-order valence-electron chi connectivity index (χ0n) is 18.3. The molecule has 2 heterocycles. The number of non-ortho nitro benzene ring substituents is 1. The Morgan fingerprint density at radius 1 is 0.861 bits per heavy atom. The summed E-state index contributed by atoms with van der Waals surface area (Å²) >= 11 is 3.39. The van der Waals surface area contributed by atoms with Crippen molar-refractivity contribution in [2.24, 2.45) is 11.8 Å². The number of nitro groups is 1. The third kappa shape index (κ3) is 2.85. The van der Waals surface area contributed by atoms with E-state index < -0.39 is 51.8 Å². The van der Waals surface area contributed by atoms with Gasteiger partial charge in [-0.1, -0.05) is 52.3 Å². The lowest BCUT2D eigenvalue weighted by Gasteiger charge is -2.27. The highest BCUT2D eigenvalue weighted by Crippen LogP contribution is 2.57. The maximum Gasteiger partial charge on any atom is 0.269 e. The number of benzene rings is 3. The van der Waals surface area contributed by atoms with Gasteiger partial charge in [0.15, 0.2) is 0 Å². The van der Waals surface area contributed by atoms with Crippen LogP contribution < -0.4 is 4.90 Å². The third-order valence-electron chi connectivity index (χ3n) is 7.01. The molecule has 2 saturated heterocycles. The van der Waals surface area contributed by atoms with E-state index in [2.05, 4.69) is 15.9 Å². The Morgan fingerprint density at radius 2 is 1.50 bits per heavy atom. The molecule has 0 bridgehead atoms. The highest BCUT2D eigenvalue weighted by molar-refractivity contribution is 9.10. The Hall–Kier alpha value is -4.02. The van der Waals surface area contributed by atoms with Crippen LogP contribution in [0.3, 0.4) is 0 Å². The number of halogens is 1. The van der Waals surface area contributed by atoms with Crippen LogP contribution in [0.1, 0.15) is 32.4 Å². The Kier molecular flexibility index (Phi) is 4.83. The van der Waals surface area contributed by atoms with Gasteiger partial charge in [0.25, 0.3) is 5.69 Å². The number of imide groups is 1. The number of ether oxygens (including phenoxy) is 1. The molecule has 6 rings (SSSR count). The normalized spacial score (nSPS) is 23.9. The molecule has 2 amide bonds. The van der Waals surface area contributed by atoms with Crippen LogP contribution in [0.25, 0.3) is 0 Å². The number of fused-ring (bicyclic) bond motifs is 3. The van der Waals surface area contributed by atoms with Crippen molar-refractivity contribution in [3.63, 3.8) is 0 Å². The Labute approximate surface area is 211 Å². The minimum atomic E-state index is -2.18. The van der Waals surface area contributed by atoms with E-state index in [1.54, 1.807) is 36.4 Å². The monoisotopic (exact) mass is 546 g/mol. The highest BCUT2D eigenvalue weighted by atomic mass is 79.9. The standard InChI is InChI=1S/C26H15BrN2O7/c27-14-5-3-4-13(12-14)21-19-20(26(36-21)22(30)17-6-1-2-7-18(17)23(26)31)25(33)28(24(19)32)15-8-10-16(11-9-15)29(34)35/h1-12,19-21H. The Bertz CT molecular complexity index is 1480. The fourth-order valence-electron chi connectivity index (χ4n) is 5.48. The molecule has 3 atom stereocenters. The topological polar surface area (TPSA) is 124 Å². The zero-order chi connectivity index (χ0) is 25.4. The van der Waals surface area contributed by atoms with Crippen LogP contribution in [0.4, 0.5) is 11.4 Å². The van der Waals surface area contributed by atoms with Gasteiger partial charge in [-0.25, -0.2) is 4.90 Å². The zero-order valence-corrected chi connectivity index (χ0v) is 19.9. The van der Waals surface area contributed by atoms with Crippen molar-refractivity contribution in [1.82, 2.24) is 0 Å². The molecule has 10 heteroatoms. The molecule has 0 saturated carbocycles. The summed E-state index contributed by atoms with van der Waals surface area (Å²) in [5.41, 5.74) is -1.45. The number of hydrogen-bond donors (Lipinski definition) is 0. The van der Waals surface area contributed by atoms with Crippen molar-refractivity contribution in [3.05, 3.63) is 104 Å². The van der Waals surface area contributed by atoms with Crippen molar-refractivity contribution < 1.29 is 28.8 Å². The van der Waals surface area contributed by atoms with Gasteiger partial charge in [0.2, 0.25) is 29.0 Å². The fourth-order valence-corrected chi connectivity index (χ4v) is 5.90. The van der Waals surface area contributed by atoms with Crippen molar-refractivity contribution in [1.29, 1.82) is 0 Å². The molecule has 1 aliphatic carbocycles. The van der Waals surface area contributed by atoms with Crippen LogP contribution in [0.2, 0.25) is 0 Å². The lowest BCUT2D eigenvalue weighted by molar-refractivity contribution is -0.384. The molecule has 3 aromatic rings. The van der Waals surface area contributed by atoms with Crippen molar-refractivity contribution in [2.75, 3.05) is 4.90 Å². The number of anilines is 1. The number of ketones is 2. The predicted octanol–water partition coefficient (Wildman–Crippen LogP) is 4.05. The molecule has 3 aliphatic rings. The van der Waals surface area contributed by atoms with Crippen molar-refractivity contribution in [3.8, 4) is 0 Å². The first-order valence-electron chi connectivity index (χ1n) is 11.0. The molecule has 3 unspecified atom stereocenters. The minimum absolute atomic E-state index is 0.114. The van der Waals surface area contributed by atoms with Gasteiger partial charge in [0.05, 0.1) is 28.6 Å². The van der Waals surface area contributed by atoms with E-state index in [9.17, 15) is 29.3 Å². The summed E-state index contributed by atoms with van der Waals surface area (Å²) < 4.78 is 6.92. The molecule has 9 nitrogen and oxygen atoms in total. The van der Waals surface area contributed by atoms with Crippen LogP contribution >= 0.6 is 15.9 Å². The summed E-state index contributed by atoms with van der Waals surface area (Å²) in [6.45, 7) is 0. The maximum absolute atomic E-state index is 13.8. The third-order valence-corrected chi connectivity index (χ3v) is 7.51. The number of nitrogens with zero attached hydrogens (tertiary/aromatic N) is 2. The molecule has 0 N–H and O–H groups in total. The van der Waals surface area contributed by atoms with Gasteiger partial charge in [-0.05, 0) is 29.8 Å². The van der Waals surface area contributed by atoms with Crippen LogP contribution in [0.5, 0.6) is 0 Å². The second-order valence-electron chi connectivity index (χ2n) is 8.82. The number of carbonyl (C=O) groups excluding carboxylic acids is 4. The number of carbonyl (C=O) groups is 4. The first-order valence-corrected chi connectivity index (χ1v) is 11.8. The van der Waals surface area contributed by atoms with Gasteiger partial charge >= 0.3 is 0 Å². The quantitative estimate of drug-likeness (QED) is 0.210. The largest absolute Gasteiger partial charge is 0.349 e. The van der Waals surface area contributed by atoms with Gasteiger partial charge in [-0.2, -0.15) is 0 Å². The van der Waals surface area contributed by atoms with Crippen LogP contribution in [-0.4, -0.2) is 33.9 Å². The van der Waals surface area contributed by atoms with E-state index in [0.717, 1.165) is 4.90 Å². The van der Waals surface area contributed by atoms with E-state index in [1.807, 2.05) is 0 Å². The van der Waals surface area contributed by atoms with Crippen LogP contribution in [-0.2, 0) is 14.3 Å². The minimum Gasteiger partial charge on any atom is -0.349 e. The smallest absolute Gasteiger partial charge is 0.269 e. The van der Waals surface area contributed by atoms with Crippen LogP contribution in [0.15, 0.2) is 77.3 Å². The number of amides is 2. The van der Waals surface area contributed by atoms with Crippen LogP contribution in [0, 0.1) is 22.0 Å². The van der Waals surface area contributed by atoms with Gasteiger partial charge in [-0.15, -0.1) is 0 Å². The first-order chi connectivity index (χ1) is 17.3. The van der Waals surface area contributed by atoms with Gasteiger partial charge in [0.1, 0.15) is 0 Å². The summed E-state index contributed by atoms with van der Waals surface area (Å²) in [4.78, 5) is 66.4. The van der Waals surface area contributed by atoms with E-state index in [1.165, 1.54) is 36.4 Å². The average Bonchev–Trinajstić information content (AvgIpc) is 3.44. The summed E-state index contributed by atoms with van der Waals surface area (Å²) in [5.74, 6) is -5.24. The van der Waals surface area contributed by atoms with Gasteiger partial charge < -0.3 is 4.74 Å². The number of hydrogen-bond acceptors (Lipinski definition) is 7. The summed E-state index contributed by atoms with van der Waals surface area (Å²) in [6, 6.07) is 18.1. The van der Waals surface area contributed by atoms with Crippen molar-refractivity contribution >= 4 is 50.7 Å². The lowest BCUT2D eigenvalue weighted by atomic mass is 9.77. The summed E-state index contributed by atoms with van der Waals surface area (Å²) in [6.07, 6.45) is -1.05. The Balaban J connectivity index is 1.52. The van der Waals surface area contributed by atoms with Gasteiger partial charge in [0, 0.05) is 27.7 Å². The molecule has 36 heavy (non-hydrogen) atoms. The predicted molar refractivity (Wildman–Crippen MR) is 128 cm³/mol. The Morgan fingerprint density at radius 3 is 2.08 bits per heavy atom. The molecule has 3 aromatic carbocycles. The van der Waals surface area contributed by atoms with E-state index in [-0.39, 0.29) is 22.5 Å². The first kappa shape index (κ1) is 22.4. The number of rotatable bonds is 3. The molecule has 2 fully saturated rings. The molecular formula is C26H15BrN2O7. The SMILES string of the molecule is O=C1C2C(c3cccc(Br)c3)OC3(C(=O)c4ccccc4C3=O)C2C(=O)N1c1ccc([N+](=O)[O-])cc1. The lowest BCUT2D eigenvalue weighted by Crippen LogP contribution is -2.51. The second kappa shape index (κ2) is 7.74. The number of nitro benzene ring substituents is 1. The van der Waals surface area contributed by atoms with E-state index >= 15 is 0 Å². The van der Waals surface area contributed by atoms with Crippen molar-refractivity contribution in [2.45, 2.75) is 11.7 Å². The molecule has 178 valence electrons. The van der Waals surface area contributed by atoms with E-state index in [4.69, 9.17) is 4.74 Å². The molecule has 0 aromatic heterocycles. The fraction of sp³-hybridized carbons (Fsp3) is 0.154. The molecule has 0 radical (unpaired) electrons. The highest BCUT2D eigenvalue weighted by Gasteiger charge is 2.74. The molecule has 1 spiro atoms. The van der Waals surface area contributed by atoms with Gasteiger partial charge in [-0.3, -0.25) is 29.3 Å². The van der Waals surface area contributed by atoms with E-state index in [0.29, 0.717) is 10.0 Å². The second-order valence-corrected chi connectivity index (χ2v) is 9.74. The number of Topliss-reactive ketones (excluding diaryl/α,β-unsaturated/α-hetero) is 2. The summed E-state index contributed by atoms with van der Waals surface area (Å²) in [5, 5.41) is 11.1.